The Morgan fingerprint density at radius 3 is 2.48 bits per heavy atom. The third-order valence-electron chi connectivity index (χ3n) is 3.23. The number of carbonyl (C=O) groups excluding carboxylic acids is 2. The van der Waals surface area contributed by atoms with Crippen molar-refractivity contribution in [1.29, 1.82) is 0 Å². The second kappa shape index (κ2) is 10.8. The molecule has 0 unspecified atom stereocenters. The second-order valence-electron chi connectivity index (χ2n) is 5.23. The van der Waals surface area contributed by atoms with E-state index in [-0.39, 0.29) is 12.2 Å². The van der Waals surface area contributed by atoms with Gasteiger partial charge in [-0.3, -0.25) is 20.4 Å². The maximum absolute atomic E-state index is 12.4. The van der Waals surface area contributed by atoms with Crippen molar-refractivity contribution in [3.63, 3.8) is 0 Å². The van der Waals surface area contributed by atoms with Crippen molar-refractivity contribution in [3.8, 4) is 11.5 Å². The van der Waals surface area contributed by atoms with Crippen molar-refractivity contribution < 1.29 is 23.8 Å². The van der Waals surface area contributed by atoms with Crippen molar-refractivity contribution in [3.05, 3.63) is 57.5 Å². The van der Waals surface area contributed by atoms with E-state index < -0.39 is 11.8 Å². The summed E-state index contributed by atoms with van der Waals surface area (Å²) in [5, 5.41) is 0.566. The summed E-state index contributed by atoms with van der Waals surface area (Å²) < 4.78 is 16.4. The van der Waals surface area contributed by atoms with Gasteiger partial charge in [0.05, 0.1) is 12.2 Å². The second-order valence-corrected chi connectivity index (χ2v) is 6.58. The van der Waals surface area contributed by atoms with Crippen molar-refractivity contribution >= 4 is 39.3 Å². The Kier molecular flexibility index (Phi) is 8.38. The van der Waals surface area contributed by atoms with Crippen LogP contribution in [0.3, 0.4) is 0 Å². The number of hydrogen-bond acceptors (Lipinski definition) is 5. The summed E-state index contributed by atoms with van der Waals surface area (Å²) in [7, 11) is 1.56. The standard InChI is InChI=1S/C18H18BrClN2O5/c1-25-8-9-26-16-7-2-12(19)10-15(16)18(24)22-21-17(23)11-27-14-5-3-13(20)4-6-14/h2-7,10H,8-9,11H2,1H3,(H,21,23)(H,22,24). The summed E-state index contributed by atoms with van der Waals surface area (Å²) in [6.45, 7) is 0.410. The first-order chi connectivity index (χ1) is 13.0. The van der Waals surface area contributed by atoms with Gasteiger partial charge in [0.1, 0.15) is 18.1 Å². The maximum Gasteiger partial charge on any atom is 0.276 e. The lowest BCUT2D eigenvalue weighted by Gasteiger charge is -2.13. The third kappa shape index (κ3) is 7.09. The predicted octanol–water partition coefficient (Wildman–Crippen LogP) is 2.97. The number of benzene rings is 2. The molecule has 0 atom stereocenters. The van der Waals surface area contributed by atoms with Gasteiger partial charge < -0.3 is 14.2 Å². The van der Waals surface area contributed by atoms with E-state index >= 15 is 0 Å². The molecule has 7 nitrogen and oxygen atoms in total. The zero-order chi connectivity index (χ0) is 19.6. The Morgan fingerprint density at radius 1 is 1.04 bits per heavy atom. The topological polar surface area (TPSA) is 85.9 Å². The zero-order valence-corrected chi connectivity index (χ0v) is 16.8. The molecule has 0 aromatic heterocycles. The molecule has 2 N–H and O–H groups in total. The average molecular weight is 458 g/mol. The highest BCUT2D eigenvalue weighted by molar-refractivity contribution is 9.10. The predicted molar refractivity (Wildman–Crippen MR) is 104 cm³/mol. The zero-order valence-electron chi connectivity index (χ0n) is 14.5. The Morgan fingerprint density at radius 2 is 1.78 bits per heavy atom. The molecule has 2 aromatic rings. The van der Waals surface area contributed by atoms with E-state index in [2.05, 4.69) is 26.8 Å². The number of carbonyl (C=O) groups is 2. The summed E-state index contributed by atoms with van der Waals surface area (Å²) in [6.07, 6.45) is 0. The fraction of sp³-hybridized carbons (Fsp3) is 0.222. The van der Waals surface area contributed by atoms with Crippen LogP contribution in [0.2, 0.25) is 5.02 Å². The molecule has 9 heteroatoms. The van der Waals surface area contributed by atoms with Crippen LogP contribution in [0, 0.1) is 0 Å². The number of nitrogens with one attached hydrogen (secondary N) is 2. The monoisotopic (exact) mass is 456 g/mol. The molecular weight excluding hydrogens is 440 g/mol. The number of hydrazine groups is 1. The highest BCUT2D eigenvalue weighted by atomic mass is 79.9. The van der Waals surface area contributed by atoms with E-state index in [1.807, 2.05) is 0 Å². The van der Waals surface area contributed by atoms with E-state index in [9.17, 15) is 9.59 Å². The van der Waals surface area contributed by atoms with Gasteiger partial charge in [-0.15, -0.1) is 0 Å². The molecule has 2 aromatic carbocycles. The fourth-order valence-electron chi connectivity index (χ4n) is 1.95. The molecule has 2 amide bonds. The fourth-order valence-corrected chi connectivity index (χ4v) is 2.44. The Bertz CT molecular complexity index is 786. The molecular formula is C18H18BrClN2O5. The molecule has 0 aliphatic carbocycles. The van der Waals surface area contributed by atoms with Crippen molar-refractivity contribution in [2.45, 2.75) is 0 Å². The van der Waals surface area contributed by atoms with Crippen LogP contribution in [0.15, 0.2) is 46.9 Å². The number of rotatable bonds is 8. The first-order valence-electron chi connectivity index (χ1n) is 7.88. The minimum Gasteiger partial charge on any atom is -0.490 e. The lowest BCUT2D eigenvalue weighted by Crippen LogP contribution is -2.44. The molecule has 0 bridgehead atoms. The smallest absolute Gasteiger partial charge is 0.276 e. The highest BCUT2D eigenvalue weighted by Gasteiger charge is 2.14. The van der Waals surface area contributed by atoms with E-state index in [1.165, 1.54) is 0 Å². The molecule has 0 saturated carbocycles. The molecule has 0 radical (unpaired) electrons. The first-order valence-corrected chi connectivity index (χ1v) is 9.05. The highest BCUT2D eigenvalue weighted by Crippen LogP contribution is 2.23. The SMILES string of the molecule is COCCOc1ccc(Br)cc1C(=O)NNC(=O)COc1ccc(Cl)cc1. The molecule has 0 spiro atoms. The molecule has 0 fully saturated rings. The van der Waals surface area contributed by atoms with Crippen LogP contribution in [-0.2, 0) is 9.53 Å². The van der Waals surface area contributed by atoms with Gasteiger partial charge in [0.15, 0.2) is 6.61 Å². The first kappa shape index (κ1) is 21.0. The molecule has 144 valence electrons. The van der Waals surface area contributed by atoms with Crippen LogP contribution in [-0.4, -0.2) is 38.7 Å². The van der Waals surface area contributed by atoms with E-state index in [0.29, 0.717) is 34.2 Å². The van der Waals surface area contributed by atoms with Crippen molar-refractivity contribution in [1.82, 2.24) is 10.9 Å². The van der Waals surface area contributed by atoms with Crippen LogP contribution in [0.4, 0.5) is 0 Å². The van der Waals surface area contributed by atoms with Gasteiger partial charge in [0.25, 0.3) is 11.8 Å². The molecule has 0 heterocycles. The quantitative estimate of drug-likeness (QED) is 0.470. The van der Waals surface area contributed by atoms with Crippen LogP contribution >= 0.6 is 27.5 Å². The van der Waals surface area contributed by atoms with Crippen molar-refractivity contribution in [2.75, 3.05) is 26.9 Å². The maximum atomic E-state index is 12.4. The summed E-state index contributed by atoms with van der Waals surface area (Å²) in [5.74, 6) is -0.181. The van der Waals surface area contributed by atoms with Crippen LogP contribution in [0.5, 0.6) is 11.5 Å². The minimum atomic E-state index is -0.524. The van der Waals surface area contributed by atoms with Gasteiger partial charge in [-0.25, -0.2) is 0 Å². The number of ether oxygens (including phenoxy) is 3. The summed E-state index contributed by atoms with van der Waals surface area (Å²) in [5.41, 5.74) is 4.89. The van der Waals surface area contributed by atoms with Gasteiger partial charge in [-0.05, 0) is 42.5 Å². The molecule has 27 heavy (non-hydrogen) atoms. The Labute approximate surface area is 170 Å². The molecule has 2 rings (SSSR count). The van der Waals surface area contributed by atoms with Crippen LogP contribution < -0.4 is 20.3 Å². The lowest BCUT2D eigenvalue weighted by atomic mass is 10.2. The Balaban J connectivity index is 1.87. The van der Waals surface area contributed by atoms with E-state index in [1.54, 1.807) is 49.6 Å². The number of hydrogen-bond donors (Lipinski definition) is 2. The summed E-state index contributed by atoms with van der Waals surface area (Å²) in [4.78, 5) is 24.2. The minimum absolute atomic E-state index is 0.263. The molecule has 0 aliphatic rings. The van der Waals surface area contributed by atoms with Gasteiger partial charge in [0, 0.05) is 16.6 Å². The van der Waals surface area contributed by atoms with E-state index in [0.717, 1.165) is 0 Å². The van der Waals surface area contributed by atoms with Crippen LogP contribution in [0.1, 0.15) is 10.4 Å². The normalized spacial score (nSPS) is 10.2. The van der Waals surface area contributed by atoms with E-state index in [4.69, 9.17) is 25.8 Å². The number of methoxy groups -OCH3 is 1. The average Bonchev–Trinajstić information content (AvgIpc) is 2.67. The summed E-state index contributed by atoms with van der Waals surface area (Å²) in [6, 6.07) is 11.6. The van der Waals surface area contributed by atoms with Gasteiger partial charge >= 0.3 is 0 Å². The van der Waals surface area contributed by atoms with Gasteiger partial charge in [0.2, 0.25) is 0 Å². The van der Waals surface area contributed by atoms with Crippen molar-refractivity contribution in [2.24, 2.45) is 0 Å². The lowest BCUT2D eigenvalue weighted by molar-refractivity contribution is -0.123. The third-order valence-corrected chi connectivity index (χ3v) is 3.98. The van der Waals surface area contributed by atoms with Gasteiger partial charge in [-0.2, -0.15) is 0 Å². The number of halogens is 2. The number of amides is 2. The molecule has 0 aliphatic heterocycles. The van der Waals surface area contributed by atoms with Crippen LogP contribution in [0.25, 0.3) is 0 Å². The van der Waals surface area contributed by atoms with Gasteiger partial charge in [-0.1, -0.05) is 27.5 Å². The Hall–Kier alpha value is -2.29. The summed E-state index contributed by atoms with van der Waals surface area (Å²) >= 11 is 9.08. The largest absolute Gasteiger partial charge is 0.490 e. The molecule has 0 saturated heterocycles.